The summed E-state index contributed by atoms with van der Waals surface area (Å²) in [5, 5.41) is 0. The van der Waals surface area contributed by atoms with Crippen LogP contribution >= 0.6 is 12.2 Å². The van der Waals surface area contributed by atoms with Crippen molar-refractivity contribution in [2.75, 3.05) is 0 Å². The standard InChI is InChI=1S/C11H14S/c1-9-3-6-11(7-4-9)8-5-10(2)12/h3-4,6-7H,5,8H2,1-2H3. The van der Waals surface area contributed by atoms with Gasteiger partial charge in [-0.25, -0.2) is 0 Å². The normalized spacial score (nSPS) is 9.83. The van der Waals surface area contributed by atoms with E-state index >= 15 is 0 Å². The summed E-state index contributed by atoms with van der Waals surface area (Å²) in [7, 11) is 0. The van der Waals surface area contributed by atoms with Crippen LogP contribution in [0.15, 0.2) is 24.3 Å². The van der Waals surface area contributed by atoms with Gasteiger partial charge in [-0.3, -0.25) is 0 Å². The van der Waals surface area contributed by atoms with Crippen molar-refractivity contribution in [1.82, 2.24) is 0 Å². The summed E-state index contributed by atoms with van der Waals surface area (Å²) in [5.41, 5.74) is 2.70. The maximum absolute atomic E-state index is 5.02. The fourth-order valence-electron chi connectivity index (χ4n) is 1.08. The third kappa shape index (κ3) is 3.14. The fraction of sp³-hybridized carbons (Fsp3) is 0.364. The van der Waals surface area contributed by atoms with Crippen LogP contribution in [0.1, 0.15) is 24.5 Å². The van der Waals surface area contributed by atoms with Gasteiger partial charge in [0.25, 0.3) is 0 Å². The van der Waals surface area contributed by atoms with Crippen LogP contribution in [0.3, 0.4) is 0 Å². The maximum Gasteiger partial charge on any atom is -0.00992 e. The van der Waals surface area contributed by atoms with E-state index in [1.165, 1.54) is 11.1 Å². The summed E-state index contributed by atoms with van der Waals surface area (Å²) in [4.78, 5) is 1.09. The lowest BCUT2D eigenvalue weighted by molar-refractivity contribution is 1.05. The first kappa shape index (κ1) is 9.40. The van der Waals surface area contributed by atoms with Gasteiger partial charge < -0.3 is 0 Å². The molecule has 0 nitrogen and oxygen atoms in total. The summed E-state index contributed by atoms with van der Waals surface area (Å²) < 4.78 is 0. The second-order valence-corrected chi connectivity index (χ2v) is 3.88. The zero-order valence-corrected chi connectivity index (χ0v) is 8.45. The van der Waals surface area contributed by atoms with Crippen molar-refractivity contribution in [3.8, 4) is 0 Å². The SMILES string of the molecule is CC(=S)CCc1ccc(C)cc1. The predicted molar refractivity (Wildman–Crippen MR) is 57.8 cm³/mol. The topological polar surface area (TPSA) is 0 Å². The highest BCUT2D eigenvalue weighted by Gasteiger charge is 1.93. The third-order valence-corrected chi connectivity index (χ3v) is 2.09. The Morgan fingerprint density at radius 2 is 1.83 bits per heavy atom. The molecule has 0 heterocycles. The molecule has 1 aromatic rings. The Kier molecular flexibility index (Phi) is 3.42. The molecule has 0 aliphatic heterocycles. The molecule has 0 fully saturated rings. The Morgan fingerprint density at radius 3 is 2.33 bits per heavy atom. The largest absolute Gasteiger partial charge is 0.0900 e. The fourth-order valence-corrected chi connectivity index (χ4v) is 1.18. The molecule has 1 aromatic carbocycles. The number of benzene rings is 1. The van der Waals surface area contributed by atoms with Crippen molar-refractivity contribution >= 4 is 17.1 Å². The molecule has 0 amide bonds. The minimum absolute atomic E-state index is 1.03. The zero-order valence-electron chi connectivity index (χ0n) is 7.63. The second kappa shape index (κ2) is 4.36. The Labute approximate surface area is 79.6 Å². The van der Waals surface area contributed by atoms with Crippen LogP contribution in [0.5, 0.6) is 0 Å². The number of aryl methyl sites for hydroxylation is 2. The Morgan fingerprint density at radius 1 is 1.25 bits per heavy atom. The van der Waals surface area contributed by atoms with Gasteiger partial charge in [0.1, 0.15) is 0 Å². The van der Waals surface area contributed by atoms with Gasteiger partial charge in [0.2, 0.25) is 0 Å². The van der Waals surface area contributed by atoms with Crippen molar-refractivity contribution in [1.29, 1.82) is 0 Å². The second-order valence-electron chi connectivity index (χ2n) is 3.19. The van der Waals surface area contributed by atoms with Crippen molar-refractivity contribution in [2.45, 2.75) is 26.7 Å². The van der Waals surface area contributed by atoms with Crippen LogP contribution < -0.4 is 0 Å². The van der Waals surface area contributed by atoms with Crippen molar-refractivity contribution in [3.63, 3.8) is 0 Å². The van der Waals surface area contributed by atoms with Gasteiger partial charge in [0, 0.05) is 0 Å². The molecule has 0 aromatic heterocycles. The minimum atomic E-state index is 1.03. The molecule has 1 rings (SSSR count). The summed E-state index contributed by atoms with van der Waals surface area (Å²) >= 11 is 5.02. The van der Waals surface area contributed by atoms with E-state index in [0.717, 1.165) is 17.7 Å². The van der Waals surface area contributed by atoms with Gasteiger partial charge in [-0.1, -0.05) is 42.0 Å². The predicted octanol–water partition coefficient (Wildman–Crippen LogP) is 3.32. The van der Waals surface area contributed by atoms with E-state index < -0.39 is 0 Å². The van der Waals surface area contributed by atoms with Crippen LogP contribution in [0.4, 0.5) is 0 Å². The third-order valence-electron chi connectivity index (χ3n) is 1.89. The van der Waals surface area contributed by atoms with Crippen molar-refractivity contribution in [3.05, 3.63) is 35.4 Å². The van der Waals surface area contributed by atoms with Gasteiger partial charge >= 0.3 is 0 Å². The minimum Gasteiger partial charge on any atom is -0.0900 e. The van der Waals surface area contributed by atoms with Crippen LogP contribution in [0.2, 0.25) is 0 Å². The molecule has 0 saturated carbocycles. The van der Waals surface area contributed by atoms with E-state index in [4.69, 9.17) is 12.2 Å². The van der Waals surface area contributed by atoms with E-state index in [-0.39, 0.29) is 0 Å². The van der Waals surface area contributed by atoms with Crippen LogP contribution in [0, 0.1) is 6.92 Å². The Bertz CT molecular complexity index is 259. The molecule has 64 valence electrons. The van der Waals surface area contributed by atoms with Crippen molar-refractivity contribution in [2.24, 2.45) is 0 Å². The molecule has 0 bridgehead atoms. The number of rotatable bonds is 3. The molecule has 0 unspecified atom stereocenters. The highest BCUT2D eigenvalue weighted by atomic mass is 32.1. The zero-order chi connectivity index (χ0) is 8.97. The summed E-state index contributed by atoms with van der Waals surface area (Å²) in [6.45, 7) is 4.11. The summed E-state index contributed by atoms with van der Waals surface area (Å²) in [5.74, 6) is 0. The lowest BCUT2D eigenvalue weighted by atomic mass is 10.1. The van der Waals surface area contributed by atoms with Gasteiger partial charge in [0.05, 0.1) is 0 Å². The molecule has 1 heteroatoms. The highest BCUT2D eigenvalue weighted by molar-refractivity contribution is 7.80. The van der Waals surface area contributed by atoms with Gasteiger partial charge in [-0.2, -0.15) is 0 Å². The van der Waals surface area contributed by atoms with Gasteiger partial charge in [0.15, 0.2) is 0 Å². The lowest BCUT2D eigenvalue weighted by Gasteiger charge is -1.99. The van der Waals surface area contributed by atoms with Crippen LogP contribution in [0.25, 0.3) is 0 Å². The summed E-state index contributed by atoms with van der Waals surface area (Å²) in [6.07, 6.45) is 2.11. The molecule has 12 heavy (non-hydrogen) atoms. The molecular weight excluding hydrogens is 164 g/mol. The highest BCUT2D eigenvalue weighted by Crippen LogP contribution is 2.06. The quantitative estimate of drug-likeness (QED) is 0.640. The first-order valence-electron chi connectivity index (χ1n) is 4.23. The molecule has 0 aliphatic carbocycles. The smallest absolute Gasteiger partial charge is 0.00992 e. The van der Waals surface area contributed by atoms with Gasteiger partial charge in [-0.05, 0) is 37.1 Å². The number of thiocarbonyl (C=S) groups is 1. The molecule has 0 N–H and O–H groups in total. The van der Waals surface area contributed by atoms with Crippen LogP contribution in [-0.2, 0) is 6.42 Å². The monoisotopic (exact) mass is 178 g/mol. The Balaban J connectivity index is 2.53. The molecule has 0 aliphatic rings. The van der Waals surface area contributed by atoms with E-state index in [2.05, 4.69) is 31.2 Å². The number of hydrogen-bond acceptors (Lipinski definition) is 1. The Hall–Kier alpha value is -0.690. The first-order valence-corrected chi connectivity index (χ1v) is 4.64. The molecule has 0 saturated heterocycles. The molecular formula is C11H14S. The van der Waals surface area contributed by atoms with Crippen LogP contribution in [-0.4, -0.2) is 4.86 Å². The number of hydrogen-bond donors (Lipinski definition) is 0. The van der Waals surface area contributed by atoms with E-state index in [9.17, 15) is 0 Å². The van der Waals surface area contributed by atoms with Gasteiger partial charge in [-0.15, -0.1) is 0 Å². The lowest BCUT2D eigenvalue weighted by Crippen LogP contribution is -1.91. The van der Waals surface area contributed by atoms with E-state index in [1.54, 1.807) is 0 Å². The maximum atomic E-state index is 5.02. The molecule has 0 spiro atoms. The molecule has 0 atom stereocenters. The average molecular weight is 178 g/mol. The van der Waals surface area contributed by atoms with Crippen molar-refractivity contribution < 1.29 is 0 Å². The first-order chi connectivity index (χ1) is 5.68. The van der Waals surface area contributed by atoms with E-state index in [1.807, 2.05) is 6.92 Å². The molecule has 0 radical (unpaired) electrons. The average Bonchev–Trinajstić information content (AvgIpc) is 2.03. The van der Waals surface area contributed by atoms with E-state index in [0.29, 0.717) is 0 Å². The summed E-state index contributed by atoms with van der Waals surface area (Å²) in [6, 6.07) is 8.64.